The molecule has 0 spiro atoms. The highest BCUT2D eigenvalue weighted by Gasteiger charge is 2.16. The van der Waals surface area contributed by atoms with E-state index in [1.807, 2.05) is 12.1 Å². The van der Waals surface area contributed by atoms with E-state index in [4.69, 9.17) is 4.74 Å². The molecule has 0 bridgehead atoms. The van der Waals surface area contributed by atoms with Crippen LogP contribution in [0.4, 0.5) is 5.69 Å². The number of hydrogen-bond donors (Lipinski definition) is 1. The first-order chi connectivity index (χ1) is 7.85. The van der Waals surface area contributed by atoms with Crippen LogP contribution >= 0.6 is 47.8 Å². The van der Waals surface area contributed by atoms with Gasteiger partial charge in [0.1, 0.15) is 0 Å². The molecule has 1 rings (SSSR count). The van der Waals surface area contributed by atoms with Gasteiger partial charge in [-0.1, -0.05) is 15.9 Å². The molecule has 96 valence electrons. The van der Waals surface area contributed by atoms with E-state index < -0.39 is 0 Å². The van der Waals surface area contributed by atoms with Crippen molar-refractivity contribution < 1.29 is 4.74 Å². The van der Waals surface area contributed by atoms with Crippen molar-refractivity contribution in [2.45, 2.75) is 25.9 Å². The van der Waals surface area contributed by atoms with Crippen LogP contribution in [0.3, 0.4) is 0 Å². The van der Waals surface area contributed by atoms with Gasteiger partial charge in [-0.25, -0.2) is 0 Å². The standard InChI is InChI=1S/C12H16Br3NO/c1-12(2,17-3)4-5-16-11-9(14)6-8(13)7-10(11)15/h6-7,16H,4-5H2,1-3H3. The molecule has 0 aliphatic carbocycles. The monoisotopic (exact) mass is 427 g/mol. The third kappa shape index (κ3) is 4.89. The first-order valence-electron chi connectivity index (χ1n) is 5.29. The molecule has 1 aromatic carbocycles. The van der Waals surface area contributed by atoms with Crippen molar-refractivity contribution in [1.82, 2.24) is 0 Å². The number of ether oxygens (including phenoxy) is 1. The third-order valence-electron chi connectivity index (χ3n) is 2.59. The van der Waals surface area contributed by atoms with Crippen LogP contribution < -0.4 is 5.32 Å². The fourth-order valence-electron chi connectivity index (χ4n) is 1.30. The molecule has 5 heteroatoms. The maximum absolute atomic E-state index is 5.38. The summed E-state index contributed by atoms with van der Waals surface area (Å²) in [5.41, 5.74) is 0.974. The van der Waals surface area contributed by atoms with Gasteiger partial charge in [0.25, 0.3) is 0 Å². The van der Waals surface area contributed by atoms with Crippen molar-refractivity contribution in [2.24, 2.45) is 0 Å². The van der Waals surface area contributed by atoms with Crippen molar-refractivity contribution in [1.29, 1.82) is 0 Å². The maximum atomic E-state index is 5.38. The van der Waals surface area contributed by atoms with E-state index in [0.717, 1.165) is 32.1 Å². The van der Waals surface area contributed by atoms with Crippen LogP contribution in [0.1, 0.15) is 20.3 Å². The van der Waals surface area contributed by atoms with Gasteiger partial charge in [-0.2, -0.15) is 0 Å². The Hall–Kier alpha value is 0.420. The van der Waals surface area contributed by atoms with Crippen molar-refractivity contribution in [3.63, 3.8) is 0 Å². The minimum absolute atomic E-state index is 0.0959. The first kappa shape index (κ1) is 15.5. The molecule has 0 saturated heterocycles. The molecule has 1 N–H and O–H groups in total. The minimum atomic E-state index is -0.0959. The summed E-state index contributed by atoms with van der Waals surface area (Å²) in [6.07, 6.45) is 0.943. The highest BCUT2D eigenvalue weighted by molar-refractivity contribution is 9.11. The smallest absolute Gasteiger partial charge is 0.0639 e. The Kier molecular flexibility index (Phi) is 5.96. The van der Waals surface area contributed by atoms with Crippen LogP contribution in [-0.2, 0) is 4.74 Å². The Morgan fingerprint density at radius 1 is 1.18 bits per heavy atom. The molecule has 0 unspecified atom stereocenters. The molecule has 17 heavy (non-hydrogen) atoms. The van der Waals surface area contributed by atoms with Gasteiger partial charge >= 0.3 is 0 Å². The van der Waals surface area contributed by atoms with Gasteiger partial charge in [0.2, 0.25) is 0 Å². The van der Waals surface area contributed by atoms with Gasteiger partial charge in [-0.05, 0) is 64.3 Å². The van der Waals surface area contributed by atoms with Crippen molar-refractivity contribution in [3.05, 3.63) is 25.6 Å². The Labute approximate surface area is 128 Å². The number of benzene rings is 1. The largest absolute Gasteiger partial charge is 0.383 e. The predicted octanol–water partition coefficient (Wildman–Crippen LogP) is 5.20. The second kappa shape index (κ2) is 6.55. The van der Waals surface area contributed by atoms with E-state index in [1.54, 1.807) is 7.11 Å². The zero-order valence-corrected chi connectivity index (χ0v) is 14.9. The topological polar surface area (TPSA) is 21.3 Å². The summed E-state index contributed by atoms with van der Waals surface area (Å²) in [5, 5.41) is 3.40. The molecule has 2 nitrogen and oxygen atoms in total. The summed E-state index contributed by atoms with van der Waals surface area (Å²) in [7, 11) is 1.74. The lowest BCUT2D eigenvalue weighted by Crippen LogP contribution is -2.25. The third-order valence-corrected chi connectivity index (χ3v) is 4.30. The fourth-order valence-corrected chi connectivity index (χ4v) is 3.84. The van der Waals surface area contributed by atoms with E-state index in [0.29, 0.717) is 0 Å². The SMILES string of the molecule is COC(C)(C)CCNc1c(Br)cc(Br)cc1Br. The van der Waals surface area contributed by atoms with E-state index >= 15 is 0 Å². The van der Waals surface area contributed by atoms with Crippen molar-refractivity contribution in [3.8, 4) is 0 Å². The Morgan fingerprint density at radius 2 is 1.71 bits per heavy atom. The molecule has 0 amide bonds. The summed E-state index contributed by atoms with van der Waals surface area (Å²) in [5.74, 6) is 0. The van der Waals surface area contributed by atoms with Crippen molar-refractivity contribution in [2.75, 3.05) is 19.0 Å². The van der Waals surface area contributed by atoms with E-state index in [9.17, 15) is 0 Å². The molecule has 0 atom stereocenters. The van der Waals surface area contributed by atoms with Crippen LogP contribution in [0.2, 0.25) is 0 Å². The summed E-state index contributed by atoms with van der Waals surface area (Å²) in [6, 6.07) is 4.04. The lowest BCUT2D eigenvalue weighted by molar-refractivity contribution is 0.0185. The molecule has 1 aromatic rings. The highest BCUT2D eigenvalue weighted by Crippen LogP contribution is 2.34. The number of nitrogens with one attached hydrogen (secondary N) is 1. The van der Waals surface area contributed by atoms with Gasteiger partial charge in [0.05, 0.1) is 11.3 Å². The number of rotatable bonds is 5. The van der Waals surface area contributed by atoms with Crippen LogP contribution in [0, 0.1) is 0 Å². The minimum Gasteiger partial charge on any atom is -0.383 e. The lowest BCUT2D eigenvalue weighted by Gasteiger charge is -2.23. The molecular formula is C12H16Br3NO. The molecule has 0 fully saturated rings. The van der Waals surface area contributed by atoms with Crippen molar-refractivity contribution >= 4 is 53.5 Å². The number of halogens is 3. The predicted molar refractivity (Wildman–Crippen MR) is 83.7 cm³/mol. The zero-order valence-electron chi connectivity index (χ0n) is 10.1. The van der Waals surface area contributed by atoms with E-state index in [-0.39, 0.29) is 5.60 Å². The molecule has 0 aliphatic heterocycles. The summed E-state index contributed by atoms with van der Waals surface area (Å²) in [4.78, 5) is 0. The second-order valence-corrected chi connectivity index (χ2v) is 7.01. The van der Waals surface area contributed by atoms with Gasteiger partial charge in [-0.15, -0.1) is 0 Å². The number of anilines is 1. The highest BCUT2D eigenvalue weighted by atomic mass is 79.9. The van der Waals surface area contributed by atoms with Crippen LogP contribution in [0.15, 0.2) is 25.6 Å². The lowest BCUT2D eigenvalue weighted by atomic mass is 10.1. The van der Waals surface area contributed by atoms with E-state index in [2.05, 4.69) is 67.0 Å². The van der Waals surface area contributed by atoms with Gasteiger partial charge in [-0.3, -0.25) is 0 Å². The number of hydrogen-bond acceptors (Lipinski definition) is 2. The van der Waals surface area contributed by atoms with Crippen LogP contribution in [-0.4, -0.2) is 19.3 Å². The molecule has 0 aromatic heterocycles. The fraction of sp³-hybridized carbons (Fsp3) is 0.500. The summed E-state index contributed by atoms with van der Waals surface area (Å²) in [6.45, 7) is 5.03. The summed E-state index contributed by atoms with van der Waals surface area (Å²) < 4.78 is 8.50. The quantitative estimate of drug-likeness (QED) is 0.694. The summed E-state index contributed by atoms with van der Waals surface area (Å²) >= 11 is 10.5. The van der Waals surface area contributed by atoms with Gasteiger partial charge in [0, 0.05) is 27.1 Å². The molecule has 0 aliphatic rings. The molecule has 0 saturated carbocycles. The molecular weight excluding hydrogens is 414 g/mol. The Bertz CT molecular complexity index is 370. The average molecular weight is 430 g/mol. The molecule has 0 heterocycles. The zero-order chi connectivity index (χ0) is 13.1. The normalized spacial score (nSPS) is 11.6. The maximum Gasteiger partial charge on any atom is 0.0639 e. The van der Waals surface area contributed by atoms with Crippen LogP contribution in [0.5, 0.6) is 0 Å². The Morgan fingerprint density at radius 3 is 2.18 bits per heavy atom. The first-order valence-corrected chi connectivity index (χ1v) is 7.67. The Balaban J connectivity index is 2.64. The van der Waals surface area contributed by atoms with Gasteiger partial charge in [0.15, 0.2) is 0 Å². The van der Waals surface area contributed by atoms with E-state index in [1.165, 1.54) is 0 Å². The second-order valence-electron chi connectivity index (χ2n) is 4.39. The van der Waals surface area contributed by atoms with Crippen LogP contribution in [0.25, 0.3) is 0 Å². The van der Waals surface area contributed by atoms with Gasteiger partial charge < -0.3 is 10.1 Å². The average Bonchev–Trinajstić information content (AvgIpc) is 2.22. The molecule has 0 radical (unpaired) electrons. The number of methoxy groups -OCH3 is 1.